The van der Waals surface area contributed by atoms with Crippen LogP contribution >= 0.6 is 12.4 Å². The minimum absolute atomic E-state index is 0. The Kier molecular flexibility index (Phi) is 5.03. The Morgan fingerprint density at radius 2 is 1.88 bits per heavy atom. The molecule has 0 aliphatic heterocycles. The highest BCUT2D eigenvalue weighted by Gasteiger charge is 2.51. The van der Waals surface area contributed by atoms with Crippen molar-refractivity contribution in [3.8, 4) is 17.1 Å². The molecule has 6 heteroatoms. The Bertz CT molecular complexity index is 902. The normalized spacial score (nSPS) is 14.6. The molecule has 0 radical (unpaired) electrons. The van der Waals surface area contributed by atoms with Gasteiger partial charge in [-0.3, -0.25) is 0 Å². The molecule has 0 bridgehead atoms. The monoisotopic (exact) mass is 371 g/mol. The van der Waals surface area contributed by atoms with Gasteiger partial charge in [-0.25, -0.2) is 0 Å². The van der Waals surface area contributed by atoms with E-state index in [4.69, 9.17) is 15.0 Å². The van der Waals surface area contributed by atoms with E-state index in [9.17, 15) is 0 Å². The first-order chi connectivity index (χ1) is 12.2. The zero-order chi connectivity index (χ0) is 17.4. The van der Waals surface area contributed by atoms with Crippen molar-refractivity contribution >= 4 is 12.4 Å². The SMILES string of the molecule is COc1cc(C2(c3nc(-c4ccc(CN)cc4)no3)CC2)ccc1C.Cl. The predicted molar refractivity (Wildman–Crippen MR) is 103 cm³/mol. The number of aryl methyl sites for hydroxylation is 1. The molecule has 1 aliphatic rings. The fourth-order valence-electron chi connectivity index (χ4n) is 3.19. The van der Waals surface area contributed by atoms with Gasteiger partial charge in [-0.05, 0) is 42.5 Å². The highest BCUT2D eigenvalue weighted by molar-refractivity contribution is 5.85. The zero-order valence-corrected chi connectivity index (χ0v) is 15.7. The molecule has 2 aromatic carbocycles. The van der Waals surface area contributed by atoms with Crippen molar-refractivity contribution in [3.63, 3.8) is 0 Å². The van der Waals surface area contributed by atoms with E-state index >= 15 is 0 Å². The van der Waals surface area contributed by atoms with Crippen LogP contribution in [0.25, 0.3) is 11.4 Å². The summed E-state index contributed by atoms with van der Waals surface area (Å²) >= 11 is 0. The van der Waals surface area contributed by atoms with E-state index in [1.807, 2.05) is 31.2 Å². The summed E-state index contributed by atoms with van der Waals surface area (Å²) in [4.78, 5) is 4.67. The number of methoxy groups -OCH3 is 1. The summed E-state index contributed by atoms with van der Waals surface area (Å²) < 4.78 is 11.1. The van der Waals surface area contributed by atoms with Crippen molar-refractivity contribution < 1.29 is 9.26 Å². The summed E-state index contributed by atoms with van der Waals surface area (Å²) in [5, 5.41) is 4.19. The molecule has 0 amide bonds. The van der Waals surface area contributed by atoms with Gasteiger partial charge in [0.25, 0.3) is 0 Å². The van der Waals surface area contributed by atoms with Crippen molar-refractivity contribution in [3.05, 3.63) is 65.0 Å². The van der Waals surface area contributed by atoms with E-state index in [0.717, 1.165) is 35.3 Å². The maximum absolute atomic E-state index is 5.65. The quantitative estimate of drug-likeness (QED) is 0.733. The Labute approximate surface area is 159 Å². The molecule has 1 saturated carbocycles. The topological polar surface area (TPSA) is 74.2 Å². The molecule has 4 rings (SSSR count). The van der Waals surface area contributed by atoms with Gasteiger partial charge in [0.05, 0.1) is 12.5 Å². The molecule has 0 saturated heterocycles. The summed E-state index contributed by atoms with van der Waals surface area (Å²) in [6, 6.07) is 14.2. The molecule has 3 aromatic rings. The van der Waals surface area contributed by atoms with Crippen LogP contribution in [0, 0.1) is 6.92 Å². The molecule has 1 heterocycles. The summed E-state index contributed by atoms with van der Waals surface area (Å²) in [7, 11) is 1.70. The average molecular weight is 372 g/mol. The Hall–Kier alpha value is -2.37. The zero-order valence-electron chi connectivity index (χ0n) is 14.9. The minimum Gasteiger partial charge on any atom is -0.496 e. The maximum atomic E-state index is 5.65. The second-order valence-electron chi connectivity index (χ2n) is 6.59. The number of halogens is 1. The summed E-state index contributed by atoms with van der Waals surface area (Å²) in [6.07, 6.45) is 2.01. The number of ether oxygens (including phenoxy) is 1. The summed E-state index contributed by atoms with van der Waals surface area (Å²) in [5.41, 5.74) is 9.77. The van der Waals surface area contributed by atoms with E-state index in [-0.39, 0.29) is 17.8 Å². The Morgan fingerprint density at radius 1 is 1.15 bits per heavy atom. The third kappa shape index (κ3) is 3.08. The van der Waals surface area contributed by atoms with E-state index in [2.05, 4.69) is 28.3 Å². The lowest BCUT2D eigenvalue weighted by atomic mass is 9.94. The number of hydrogen-bond donors (Lipinski definition) is 1. The third-order valence-electron chi connectivity index (χ3n) is 4.99. The van der Waals surface area contributed by atoms with Crippen LogP contribution in [0.2, 0.25) is 0 Å². The summed E-state index contributed by atoms with van der Waals surface area (Å²) in [5.74, 6) is 2.18. The van der Waals surface area contributed by atoms with Gasteiger partial charge in [0.2, 0.25) is 11.7 Å². The lowest BCUT2D eigenvalue weighted by Gasteiger charge is -2.13. The van der Waals surface area contributed by atoms with Crippen molar-refractivity contribution in [1.82, 2.24) is 10.1 Å². The fraction of sp³-hybridized carbons (Fsp3) is 0.300. The van der Waals surface area contributed by atoms with Gasteiger partial charge in [0, 0.05) is 12.1 Å². The van der Waals surface area contributed by atoms with Crippen LogP contribution in [-0.2, 0) is 12.0 Å². The lowest BCUT2D eigenvalue weighted by molar-refractivity contribution is 0.359. The number of rotatable bonds is 5. The second kappa shape index (κ2) is 7.09. The molecule has 136 valence electrons. The lowest BCUT2D eigenvalue weighted by Crippen LogP contribution is -2.09. The van der Waals surface area contributed by atoms with E-state index < -0.39 is 0 Å². The van der Waals surface area contributed by atoms with Gasteiger partial charge < -0.3 is 15.0 Å². The first kappa shape index (κ1) is 18.4. The van der Waals surface area contributed by atoms with Crippen LogP contribution in [0.1, 0.15) is 35.4 Å². The van der Waals surface area contributed by atoms with Gasteiger partial charge in [-0.15, -0.1) is 12.4 Å². The molecule has 0 unspecified atom stereocenters. The van der Waals surface area contributed by atoms with E-state index in [1.54, 1.807) is 7.11 Å². The average Bonchev–Trinajstić information content (AvgIpc) is 3.31. The summed E-state index contributed by atoms with van der Waals surface area (Å²) in [6.45, 7) is 2.56. The van der Waals surface area contributed by atoms with Crippen molar-refractivity contribution in [2.24, 2.45) is 5.73 Å². The molecule has 5 nitrogen and oxygen atoms in total. The van der Waals surface area contributed by atoms with Crippen molar-refractivity contribution in [2.45, 2.75) is 31.7 Å². The number of nitrogens with two attached hydrogens (primary N) is 1. The first-order valence-corrected chi connectivity index (χ1v) is 8.45. The maximum Gasteiger partial charge on any atom is 0.237 e. The highest BCUT2D eigenvalue weighted by Crippen LogP contribution is 2.53. The van der Waals surface area contributed by atoms with Gasteiger partial charge >= 0.3 is 0 Å². The second-order valence-corrected chi connectivity index (χ2v) is 6.59. The predicted octanol–water partition coefficient (Wildman–Crippen LogP) is 4.01. The highest BCUT2D eigenvalue weighted by atomic mass is 35.5. The van der Waals surface area contributed by atoms with Crippen LogP contribution in [0.4, 0.5) is 0 Å². The molecule has 1 aliphatic carbocycles. The number of benzene rings is 2. The standard InChI is InChI=1S/C20H21N3O2.ClH/c1-13-3-8-16(11-17(13)24-2)20(9-10-20)19-22-18(23-25-19)15-6-4-14(12-21)5-7-15;/h3-8,11H,9-10,12,21H2,1-2H3;1H. The van der Waals surface area contributed by atoms with Gasteiger partial charge in [0.15, 0.2) is 0 Å². The molecule has 1 aromatic heterocycles. The fourth-order valence-corrected chi connectivity index (χ4v) is 3.19. The molecule has 0 spiro atoms. The Morgan fingerprint density at radius 3 is 2.50 bits per heavy atom. The van der Waals surface area contributed by atoms with Gasteiger partial charge in [-0.1, -0.05) is 41.6 Å². The van der Waals surface area contributed by atoms with Crippen molar-refractivity contribution in [1.29, 1.82) is 0 Å². The molecule has 26 heavy (non-hydrogen) atoms. The van der Waals surface area contributed by atoms with Crippen LogP contribution in [0.5, 0.6) is 5.75 Å². The number of aromatic nitrogens is 2. The van der Waals surface area contributed by atoms with Crippen molar-refractivity contribution in [2.75, 3.05) is 7.11 Å². The number of hydrogen-bond acceptors (Lipinski definition) is 5. The molecule has 0 atom stereocenters. The Balaban J connectivity index is 0.00000196. The van der Waals surface area contributed by atoms with Crippen LogP contribution in [0.15, 0.2) is 47.0 Å². The molecular formula is C20H22ClN3O2. The van der Waals surface area contributed by atoms with Gasteiger partial charge in [-0.2, -0.15) is 4.98 Å². The van der Waals surface area contributed by atoms with Crippen LogP contribution in [-0.4, -0.2) is 17.3 Å². The smallest absolute Gasteiger partial charge is 0.237 e. The van der Waals surface area contributed by atoms with Crippen LogP contribution < -0.4 is 10.5 Å². The third-order valence-corrected chi connectivity index (χ3v) is 4.99. The molecular weight excluding hydrogens is 350 g/mol. The first-order valence-electron chi connectivity index (χ1n) is 8.45. The van der Waals surface area contributed by atoms with Gasteiger partial charge in [0.1, 0.15) is 5.75 Å². The molecule has 1 fully saturated rings. The molecule has 2 N–H and O–H groups in total. The van der Waals surface area contributed by atoms with E-state index in [0.29, 0.717) is 18.3 Å². The number of nitrogens with zero attached hydrogens (tertiary/aromatic N) is 2. The largest absolute Gasteiger partial charge is 0.496 e. The minimum atomic E-state index is -0.177. The van der Waals surface area contributed by atoms with Crippen LogP contribution in [0.3, 0.4) is 0 Å². The van der Waals surface area contributed by atoms with E-state index in [1.165, 1.54) is 5.56 Å².